The lowest BCUT2D eigenvalue weighted by molar-refractivity contribution is -0.640. The van der Waals surface area contributed by atoms with E-state index in [0.717, 1.165) is 0 Å². The third-order valence-corrected chi connectivity index (χ3v) is 1.22. The van der Waals surface area contributed by atoms with Crippen LogP contribution in [0.5, 0.6) is 0 Å². The standard InChI is InChI=1S/C4H8FNO/c5-3-1-6-2-4(3)7/h3-4,6-7H,1-2H2/p+1/t3-,4-/m0/s1. The topological polar surface area (TPSA) is 36.8 Å². The average molecular weight is 106 g/mol. The van der Waals surface area contributed by atoms with Crippen molar-refractivity contribution in [2.75, 3.05) is 13.1 Å². The summed E-state index contributed by atoms with van der Waals surface area (Å²) in [5.41, 5.74) is 0. The molecule has 0 radical (unpaired) electrons. The summed E-state index contributed by atoms with van der Waals surface area (Å²) in [4.78, 5) is 0. The molecule has 0 saturated carbocycles. The Morgan fingerprint density at radius 1 is 1.57 bits per heavy atom. The van der Waals surface area contributed by atoms with Gasteiger partial charge in [-0.25, -0.2) is 4.39 Å². The Kier molecular flexibility index (Phi) is 1.25. The van der Waals surface area contributed by atoms with Crippen LogP contribution in [0.4, 0.5) is 4.39 Å². The first-order valence-corrected chi connectivity index (χ1v) is 2.44. The first-order valence-electron chi connectivity index (χ1n) is 2.44. The molecule has 0 amide bonds. The monoisotopic (exact) mass is 106 g/mol. The molecule has 1 fully saturated rings. The van der Waals surface area contributed by atoms with Gasteiger partial charge in [0, 0.05) is 0 Å². The molecule has 0 aliphatic carbocycles. The van der Waals surface area contributed by atoms with Gasteiger partial charge in [0.25, 0.3) is 0 Å². The molecule has 3 heteroatoms. The maximum Gasteiger partial charge on any atom is 0.180 e. The largest absolute Gasteiger partial charge is 0.384 e. The highest BCUT2D eigenvalue weighted by atomic mass is 19.1. The smallest absolute Gasteiger partial charge is 0.180 e. The molecule has 2 atom stereocenters. The fraction of sp³-hybridized carbons (Fsp3) is 1.00. The molecule has 7 heavy (non-hydrogen) atoms. The van der Waals surface area contributed by atoms with Gasteiger partial charge in [0.15, 0.2) is 6.17 Å². The maximum atomic E-state index is 12.0. The van der Waals surface area contributed by atoms with Crippen molar-refractivity contribution in [1.29, 1.82) is 0 Å². The molecule has 1 heterocycles. The zero-order valence-electron chi connectivity index (χ0n) is 3.97. The zero-order chi connectivity index (χ0) is 5.28. The summed E-state index contributed by atoms with van der Waals surface area (Å²) in [7, 11) is 0. The molecule has 1 aliphatic rings. The number of hydrogen-bond acceptors (Lipinski definition) is 1. The molecule has 1 aliphatic heterocycles. The fourth-order valence-corrected chi connectivity index (χ4v) is 0.731. The Morgan fingerprint density at radius 3 is 2.43 bits per heavy atom. The van der Waals surface area contributed by atoms with Crippen molar-refractivity contribution >= 4 is 0 Å². The van der Waals surface area contributed by atoms with Crippen molar-refractivity contribution in [3.05, 3.63) is 0 Å². The summed E-state index contributed by atoms with van der Waals surface area (Å²) < 4.78 is 12.0. The first kappa shape index (κ1) is 5.00. The normalized spacial score (nSPS) is 42.0. The van der Waals surface area contributed by atoms with Gasteiger partial charge in [0.1, 0.15) is 19.2 Å². The van der Waals surface area contributed by atoms with Gasteiger partial charge >= 0.3 is 0 Å². The van der Waals surface area contributed by atoms with E-state index in [0.29, 0.717) is 13.1 Å². The molecule has 0 unspecified atom stereocenters. The van der Waals surface area contributed by atoms with Crippen LogP contribution in [-0.4, -0.2) is 30.5 Å². The zero-order valence-corrected chi connectivity index (χ0v) is 3.97. The summed E-state index contributed by atoms with van der Waals surface area (Å²) in [6.07, 6.45) is -1.69. The minimum Gasteiger partial charge on any atom is -0.384 e. The second-order valence-corrected chi connectivity index (χ2v) is 1.84. The predicted molar refractivity (Wildman–Crippen MR) is 22.6 cm³/mol. The minimum atomic E-state index is -0.986. The SMILES string of the molecule is O[C@H]1C[NH2+]C[C@@H]1F. The van der Waals surface area contributed by atoms with E-state index in [4.69, 9.17) is 5.11 Å². The van der Waals surface area contributed by atoms with E-state index in [1.807, 2.05) is 0 Å². The van der Waals surface area contributed by atoms with E-state index in [2.05, 4.69) is 0 Å². The van der Waals surface area contributed by atoms with Crippen LogP contribution >= 0.6 is 0 Å². The summed E-state index contributed by atoms with van der Waals surface area (Å²) in [5, 5.41) is 10.4. The number of aliphatic hydroxyl groups excluding tert-OH is 1. The van der Waals surface area contributed by atoms with E-state index >= 15 is 0 Å². The molecule has 3 N–H and O–H groups in total. The molecular formula is C4H9FNO+. The summed E-state index contributed by atoms with van der Waals surface area (Å²) in [5.74, 6) is 0. The highest BCUT2D eigenvalue weighted by Crippen LogP contribution is 1.96. The second kappa shape index (κ2) is 1.76. The van der Waals surface area contributed by atoms with Crippen molar-refractivity contribution in [2.45, 2.75) is 12.3 Å². The highest BCUT2D eigenvalue weighted by molar-refractivity contribution is 4.67. The number of quaternary nitrogens is 1. The molecule has 0 spiro atoms. The average Bonchev–Trinajstić information content (AvgIpc) is 1.91. The number of alkyl halides is 1. The van der Waals surface area contributed by atoms with Crippen molar-refractivity contribution in [3.8, 4) is 0 Å². The summed E-state index contributed by atoms with van der Waals surface area (Å²) in [6, 6.07) is 0. The Balaban J connectivity index is 2.33. The molecule has 1 rings (SSSR count). The number of hydrogen-bond donors (Lipinski definition) is 2. The van der Waals surface area contributed by atoms with Crippen LogP contribution in [0.25, 0.3) is 0 Å². The van der Waals surface area contributed by atoms with Crippen molar-refractivity contribution < 1.29 is 14.8 Å². The fourth-order valence-electron chi connectivity index (χ4n) is 0.731. The molecule has 0 aromatic heterocycles. The lowest BCUT2D eigenvalue weighted by atomic mass is 10.3. The van der Waals surface area contributed by atoms with Crippen LogP contribution in [0.2, 0.25) is 0 Å². The Hall–Kier alpha value is -0.150. The Labute approximate surface area is 41.3 Å². The van der Waals surface area contributed by atoms with Crippen LogP contribution in [0.15, 0.2) is 0 Å². The van der Waals surface area contributed by atoms with Gasteiger partial charge in [-0.2, -0.15) is 0 Å². The van der Waals surface area contributed by atoms with Crippen LogP contribution in [-0.2, 0) is 0 Å². The van der Waals surface area contributed by atoms with E-state index < -0.39 is 12.3 Å². The summed E-state index contributed by atoms with van der Waals surface area (Å²) >= 11 is 0. The lowest BCUT2D eigenvalue weighted by Crippen LogP contribution is -2.82. The van der Waals surface area contributed by atoms with E-state index in [9.17, 15) is 4.39 Å². The van der Waals surface area contributed by atoms with Gasteiger partial charge < -0.3 is 10.4 Å². The minimum absolute atomic E-state index is 0.432. The number of halogens is 1. The molecule has 0 bridgehead atoms. The van der Waals surface area contributed by atoms with Crippen LogP contribution in [0.1, 0.15) is 0 Å². The molecule has 0 aromatic carbocycles. The van der Waals surface area contributed by atoms with E-state index in [1.165, 1.54) is 0 Å². The predicted octanol–water partition coefficient (Wildman–Crippen LogP) is -1.74. The number of aliphatic hydroxyl groups is 1. The highest BCUT2D eigenvalue weighted by Gasteiger charge is 2.27. The number of rotatable bonds is 0. The van der Waals surface area contributed by atoms with Gasteiger partial charge in [-0.3, -0.25) is 0 Å². The van der Waals surface area contributed by atoms with Crippen LogP contribution in [0.3, 0.4) is 0 Å². The Bertz CT molecular complexity index is 60.7. The molecule has 0 aromatic rings. The van der Waals surface area contributed by atoms with Crippen molar-refractivity contribution in [3.63, 3.8) is 0 Å². The third kappa shape index (κ3) is 0.894. The lowest BCUT2D eigenvalue weighted by Gasteiger charge is -1.94. The van der Waals surface area contributed by atoms with Gasteiger partial charge in [-0.05, 0) is 0 Å². The Morgan fingerprint density at radius 2 is 2.29 bits per heavy atom. The molecule has 1 saturated heterocycles. The van der Waals surface area contributed by atoms with Gasteiger partial charge in [-0.1, -0.05) is 0 Å². The first-order chi connectivity index (χ1) is 3.30. The van der Waals surface area contributed by atoms with Gasteiger partial charge in [-0.15, -0.1) is 0 Å². The van der Waals surface area contributed by atoms with E-state index in [1.54, 1.807) is 5.32 Å². The third-order valence-electron chi connectivity index (χ3n) is 1.22. The van der Waals surface area contributed by atoms with Gasteiger partial charge in [0.05, 0.1) is 0 Å². The van der Waals surface area contributed by atoms with Crippen LogP contribution < -0.4 is 5.32 Å². The molecular weight excluding hydrogens is 97.0 g/mol. The summed E-state index contributed by atoms with van der Waals surface area (Å²) in [6.45, 7) is 0.961. The quantitative estimate of drug-likeness (QED) is 0.378. The molecule has 2 nitrogen and oxygen atoms in total. The molecule has 42 valence electrons. The van der Waals surface area contributed by atoms with E-state index in [-0.39, 0.29) is 0 Å². The van der Waals surface area contributed by atoms with Crippen LogP contribution in [0, 0.1) is 0 Å². The maximum absolute atomic E-state index is 12.0. The van der Waals surface area contributed by atoms with Crippen molar-refractivity contribution in [1.82, 2.24) is 0 Å². The van der Waals surface area contributed by atoms with Crippen molar-refractivity contribution in [2.24, 2.45) is 0 Å². The second-order valence-electron chi connectivity index (χ2n) is 1.84. The van der Waals surface area contributed by atoms with Gasteiger partial charge in [0.2, 0.25) is 0 Å². The number of nitrogens with two attached hydrogens (primary N) is 1.